The molecule has 0 unspecified atom stereocenters. The summed E-state index contributed by atoms with van der Waals surface area (Å²) in [6, 6.07) is 15.8. The quantitative estimate of drug-likeness (QED) is 0.407. The molecular formula is C23H28BrN3O. The number of rotatable bonds is 10. The van der Waals surface area contributed by atoms with Crippen LogP contribution in [0.25, 0.3) is 11.0 Å². The molecule has 0 saturated heterocycles. The van der Waals surface area contributed by atoms with Crippen LogP contribution in [0, 0.1) is 0 Å². The minimum Gasteiger partial charge on any atom is -0.352 e. The number of para-hydroxylation sites is 2. The maximum absolute atomic E-state index is 12.1. The summed E-state index contributed by atoms with van der Waals surface area (Å²) >= 11 is 3.39. The molecule has 3 aromatic rings. The van der Waals surface area contributed by atoms with Gasteiger partial charge < -0.3 is 9.88 Å². The molecule has 2 aromatic carbocycles. The Hall–Kier alpha value is -2.14. The van der Waals surface area contributed by atoms with Gasteiger partial charge in [-0.3, -0.25) is 4.79 Å². The first-order valence-electron chi connectivity index (χ1n) is 10.2. The van der Waals surface area contributed by atoms with Gasteiger partial charge in [0.25, 0.3) is 5.91 Å². The van der Waals surface area contributed by atoms with Crippen molar-refractivity contribution in [1.29, 1.82) is 0 Å². The number of hydrogen-bond acceptors (Lipinski definition) is 2. The van der Waals surface area contributed by atoms with Gasteiger partial charge >= 0.3 is 0 Å². The first-order valence-corrected chi connectivity index (χ1v) is 11.0. The number of amides is 1. The highest BCUT2D eigenvalue weighted by Crippen LogP contribution is 2.18. The number of carbonyl (C=O) groups is 1. The number of nitrogens with one attached hydrogen (secondary N) is 1. The molecule has 4 nitrogen and oxygen atoms in total. The van der Waals surface area contributed by atoms with Crippen LogP contribution in [0.5, 0.6) is 0 Å². The molecule has 0 spiro atoms. The second-order valence-corrected chi connectivity index (χ2v) is 8.01. The molecule has 0 fully saturated rings. The fourth-order valence-corrected chi connectivity index (χ4v) is 3.64. The van der Waals surface area contributed by atoms with E-state index in [0.717, 1.165) is 42.2 Å². The average molecular weight is 442 g/mol. The lowest BCUT2D eigenvalue weighted by Gasteiger charge is -2.09. The van der Waals surface area contributed by atoms with E-state index in [1.54, 1.807) is 0 Å². The van der Waals surface area contributed by atoms with Gasteiger partial charge in [-0.25, -0.2) is 4.98 Å². The molecule has 1 aromatic heterocycles. The summed E-state index contributed by atoms with van der Waals surface area (Å²) in [6.45, 7) is 3.97. The standard InChI is InChI=1S/C23H28BrN3O/c1-2-3-17-27-21-10-7-6-9-20(21)26-22(27)11-5-4-8-16-25-23(28)18-12-14-19(24)15-13-18/h6-7,9-10,12-15H,2-5,8,11,16-17H2,1H3,(H,25,28). The Bertz CT molecular complexity index is 902. The van der Waals surface area contributed by atoms with Crippen molar-refractivity contribution in [2.24, 2.45) is 0 Å². The smallest absolute Gasteiger partial charge is 0.251 e. The van der Waals surface area contributed by atoms with Gasteiger partial charge in [0.05, 0.1) is 11.0 Å². The van der Waals surface area contributed by atoms with Crippen LogP contribution in [0.4, 0.5) is 0 Å². The highest BCUT2D eigenvalue weighted by Gasteiger charge is 2.10. The normalized spacial score (nSPS) is 11.1. The number of aromatic nitrogens is 2. The largest absolute Gasteiger partial charge is 0.352 e. The second-order valence-electron chi connectivity index (χ2n) is 7.10. The number of benzene rings is 2. The zero-order valence-corrected chi connectivity index (χ0v) is 18.0. The van der Waals surface area contributed by atoms with Crippen LogP contribution in [0.2, 0.25) is 0 Å². The Kier molecular flexibility index (Phi) is 7.66. The Morgan fingerprint density at radius 1 is 1.04 bits per heavy atom. The lowest BCUT2D eigenvalue weighted by atomic mass is 10.1. The first kappa shape index (κ1) is 20.6. The Labute approximate surface area is 175 Å². The van der Waals surface area contributed by atoms with Crippen LogP contribution in [0.3, 0.4) is 0 Å². The van der Waals surface area contributed by atoms with E-state index in [0.29, 0.717) is 12.1 Å². The van der Waals surface area contributed by atoms with E-state index in [9.17, 15) is 4.79 Å². The minimum atomic E-state index is -0.00569. The van der Waals surface area contributed by atoms with Crippen molar-refractivity contribution in [3.05, 3.63) is 64.4 Å². The molecule has 0 bridgehead atoms. The summed E-state index contributed by atoms with van der Waals surface area (Å²) in [5.41, 5.74) is 3.04. The zero-order chi connectivity index (χ0) is 19.8. The van der Waals surface area contributed by atoms with Crippen molar-refractivity contribution < 1.29 is 4.79 Å². The zero-order valence-electron chi connectivity index (χ0n) is 16.5. The average Bonchev–Trinajstić information content (AvgIpc) is 3.06. The van der Waals surface area contributed by atoms with Crippen LogP contribution < -0.4 is 5.32 Å². The van der Waals surface area contributed by atoms with Crippen LogP contribution in [-0.4, -0.2) is 22.0 Å². The van der Waals surface area contributed by atoms with Crippen molar-refractivity contribution in [3.63, 3.8) is 0 Å². The summed E-state index contributed by atoms with van der Waals surface area (Å²) in [6.07, 6.45) is 6.50. The molecule has 0 atom stereocenters. The van der Waals surface area contributed by atoms with Gasteiger partial charge in [-0.05, 0) is 55.7 Å². The summed E-state index contributed by atoms with van der Waals surface area (Å²) in [5.74, 6) is 1.18. The van der Waals surface area contributed by atoms with Crippen LogP contribution in [0.1, 0.15) is 55.2 Å². The summed E-state index contributed by atoms with van der Waals surface area (Å²) < 4.78 is 3.36. The van der Waals surface area contributed by atoms with E-state index in [-0.39, 0.29) is 5.91 Å². The highest BCUT2D eigenvalue weighted by molar-refractivity contribution is 9.10. The predicted octanol–water partition coefficient (Wildman–Crippen LogP) is 5.74. The van der Waals surface area contributed by atoms with E-state index in [4.69, 9.17) is 4.98 Å². The lowest BCUT2D eigenvalue weighted by molar-refractivity contribution is 0.0953. The molecule has 0 aliphatic carbocycles. The van der Waals surface area contributed by atoms with Crippen molar-refractivity contribution in [2.75, 3.05) is 6.54 Å². The summed E-state index contributed by atoms with van der Waals surface area (Å²) in [5, 5.41) is 3.00. The van der Waals surface area contributed by atoms with Crippen molar-refractivity contribution >= 4 is 32.9 Å². The maximum atomic E-state index is 12.1. The molecule has 148 valence electrons. The third-order valence-electron chi connectivity index (χ3n) is 4.94. The molecule has 0 radical (unpaired) electrons. The molecule has 0 aliphatic heterocycles. The molecule has 3 rings (SSSR count). The van der Waals surface area contributed by atoms with Gasteiger partial charge in [0.15, 0.2) is 0 Å². The van der Waals surface area contributed by atoms with E-state index in [2.05, 4.69) is 57.0 Å². The van der Waals surface area contributed by atoms with Gasteiger partial charge in [0.1, 0.15) is 5.82 Å². The van der Waals surface area contributed by atoms with E-state index >= 15 is 0 Å². The van der Waals surface area contributed by atoms with Gasteiger partial charge in [-0.2, -0.15) is 0 Å². The first-order chi connectivity index (χ1) is 13.7. The number of halogens is 1. The van der Waals surface area contributed by atoms with Gasteiger partial charge in [-0.15, -0.1) is 0 Å². The Morgan fingerprint density at radius 3 is 2.61 bits per heavy atom. The van der Waals surface area contributed by atoms with Gasteiger partial charge in [0, 0.05) is 29.5 Å². The Balaban J connectivity index is 1.45. The van der Waals surface area contributed by atoms with Crippen LogP contribution in [-0.2, 0) is 13.0 Å². The van der Waals surface area contributed by atoms with Gasteiger partial charge in [0.2, 0.25) is 0 Å². The van der Waals surface area contributed by atoms with E-state index in [1.165, 1.54) is 24.2 Å². The number of imidazole rings is 1. The topological polar surface area (TPSA) is 46.9 Å². The van der Waals surface area contributed by atoms with Gasteiger partial charge in [-0.1, -0.05) is 47.8 Å². The molecule has 1 heterocycles. The number of aryl methyl sites for hydroxylation is 2. The molecule has 0 saturated carbocycles. The second kappa shape index (κ2) is 10.4. The number of carbonyl (C=O) groups excluding carboxylic acids is 1. The molecule has 28 heavy (non-hydrogen) atoms. The fourth-order valence-electron chi connectivity index (χ4n) is 3.37. The fraction of sp³-hybridized carbons (Fsp3) is 0.391. The van der Waals surface area contributed by atoms with Crippen molar-refractivity contribution in [2.45, 2.75) is 52.0 Å². The highest BCUT2D eigenvalue weighted by atomic mass is 79.9. The predicted molar refractivity (Wildman–Crippen MR) is 119 cm³/mol. The number of nitrogens with zero attached hydrogens (tertiary/aromatic N) is 2. The van der Waals surface area contributed by atoms with E-state index in [1.807, 2.05) is 24.3 Å². The number of fused-ring (bicyclic) bond motifs is 1. The molecule has 1 amide bonds. The number of hydrogen-bond donors (Lipinski definition) is 1. The molecule has 5 heteroatoms. The van der Waals surface area contributed by atoms with Crippen LogP contribution in [0.15, 0.2) is 53.0 Å². The summed E-state index contributed by atoms with van der Waals surface area (Å²) in [7, 11) is 0. The lowest BCUT2D eigenvalue weighted by Crippen LogP contribution is -2.24. The maximum Gasteiger partial charge on any atom is 0.251 e. The molecular weight excluding hydrogens is 414 g/mol. The minimum absolute atomic E-state index is 0.00569. The SMILES string of the molecule is CCCCn1c(CCCCCNC(=O)c2ccc(Br)cc2)nc2ccccc21. The third-order valence-corrected chi connectivity index (χ3v) is 5.47. The van der Waals surface area contributed by atoms with Crippen molar-refractivity contribution in [3.8, 4) is 0 Å². The van der Waals surface area contributed by atoms with E-state index < -0.39 is 0 Å². The Morgan fingerprint density at radius 2 is 1.82 bits per heavy atom. The van der Waals surface area contributed by atoms with Crippen molar-refractivity contribution in [1.82, 2.24) is 14.9 Å². The third kappa shape index (κ3) is 5.44. The summed E-state index contributed by atoms with van der Waals surface area (Å²) in [4.78, 5) is 17.0. The van der Waals surface area contributed by atoms with Crippen LogP contribution >= 0.6 is 15.9 Å². The molecule has 1 N–H and O–H groups in total. The number of unbranched alkanes of at least 4 members (excludes halogenated alkanes) is 3. The molecule has 0 aliphatic rings. The monoisotopic (exact) mass is 441 g/mol.